The van der Waals surface area contributed by atoms with Crippen molar-refractivity contribution in [3.8, 4) is 0 Å². The van der Waals surface area contributed by atoms with Gasteiger partial charge in [-0.25, -0.2) is 8.70 Å². The highest BCUT2D eigenvalue weighted by atomic mass is 32.3. The van der Waals surface area contributed by atoms with Crippen molar-refractivity contribution in [2.45, 2.75) is 57.6 Å². The Morgan fingerprint density at radius 1 is 1.26 bits per heavy atom. The molecular formula is C19H29N5O6S. The first kappa shape index (κ1) is 23.4. The Morgan fingerprint density at radius 2 is 2.00 bits per heavy atom. The first-order valence-corrected chi connectivity index (χ1v) is 11.8. The monoisotopic (exact) mass is 455 g/mol. The molecule has 0 radical (unpaired) electrons. The first-order valence-electron chi connectivity index (χ1n) is 10.5. The molecule has 3 rings (SSSR count). The number of pyridine rings is 1. The smallest absolute Gasteiger partial charge is 0.363 e. The van der Waals surface area contributed by atoms with Gasteiger partial charge in [0.05, 0.1) is 4.92 Å². The lowest BCUT2D eigenvalue weighted by Crippen LogP contribution is -2.51. The number of unbranched alkanes of at least 4 members (excludes halogenated alkanes) is 2. The van der Waals surface area contributed by atoms with Crippen molar-refractivity contribution in [2.24, 2.45) is 0 Å². The second-order valence-electron chi connectivity index (χ2n) is 7.96. The molecule has 0 aliphatic carbocycles. The molecule has 1 unspecified atom stereocenters. The number of fused-ring (bicyclic) bond motifs is 1. The fraction of sp³-hybridized carbons (Fsp3) is 0.632. The Kier molecular flexibility index (Phi) is 7.46. The van der Waals surface area contributed by atoms with Crippen molar-refractivity contribution in [3.63, 3.8) is 0 Å². The van der Waals surface area contributed by atoms with E-state index in [1.54, 1.807) is 31.3 Å². The third-order valence-corrected chi connectivity index (χ3v) is 6.19. The number of rotatable bonds is 11. The van der Waals surface area contributed by atoms with E-state index in [0.29, 0.717) is 31.3 Å². The van der Waals surface area contributed by atoms with Crippen molar-refractivity contribution >= 4 is 27.4 Å². The Hall–Kier alpha value is -2.28. The van der Waals surface area contributed by atoms with E-state index >= 15 is 0 Å². The van der Waals surface area contributed by atoms with Crippen molar-refractivity contribution < 1.29 is 22.1 Å². The second kappa shape index (κ2) is 9.90. The lowest BCUT2D eigenvalue weighted by molar-refractivity contribution is -0.382. The number of nitrogens with zero attached hydrogens (tertiary/aromatic N) is 4. The van der Waals surface area contributed by atoms with Crippen LogP contribution in [0, 0.1) is 10.1 Å². The number of hydrogen-bond donors (Lipinski definition) is 2. The Labute approximate surface area is 181 Å². The number of hydrogen-bond acceptors (Lipinski definition) is 8. The SMILES string of the molecule is CC(CCCCCNc1nn2ccccc2c1[N+](=O)[O-])(OS(=O)(=O)O)N1CCCCC1. The van der Waals surface area contributed by atoms with Crippen LogP contribution in [-0.2, 0) is 14.6 Å². The molecule has 31 heavy (non-hydrogen) atoms. The summed E-state index contributed by atoms with van der Waals surface area (Å²) >= 11 is 0. The van der Waals surface area contributed by atoms with E-state index in [0.717, 1.165) is 38.8 Å². The molecule has 0 amide bonds. The summed E-state index contributed by atoms with van der Waals surface area (Å²) in [6.45, 7) is 3.64. The largest absolute Gasteiger partial charge is 0.399 e. The van der Waals surface area contributed by atoms with Crippen molar-refractivity contribution in [3.05, 3.63) is 34.5 Å². The van der Waals surface area contributed by atoms with Crippen LogP contribution in [0.2, 0.25) is 0 Å². The quantitative estimate of drug-likeness (QED) is 0.226. The van der Waals surface area contributed by atoms with Crippen molar-refractivity contribution in [1.82, 2.24) is 14.5 Å². The second-order valence-corrected chi connectivity index (χ2v) is 8.98. The highest BCUT2D eigenvalue weighted by Gasteiger charge is 2.37. The van der Waals surface area contributed by atoms with Crippen LogP contribution >= 0.6 is 0 Å². The van der Waals surface area contributed by atoms with Crippen molar-refractivity contribution in [2.75, 3.05) is 25.0 Å². The summed E-state index contributed by atoms with van der Waals surface area (Å²) in [4.78, 5) is 13.0. The zero-order chi connectivity index (χ0) is 22.5. The molecule has 3 heterocycles. The van der Waals surface area contributed by atoms with Gasteiger partial charge in [0.15, 0.2) is 0 Å². The Balaban J connectivity index is 1.52. The molecule has 0 bridgehead atoms. The van der Waals surface area contributed by atoms with Crippen LogP contribution in [0.3, 0.4) is 0 Å². The lowest BCUT2D eigenvalue weighted by atomic mass is 10.0. The van der Waals surface area contributed by atoms with E-state index in [9.17, 15) is 23.1 Å². The van der Waals surface area contributed by atoms with Crippen LogP contribution < -0.4 is 5.32 Å². The van der Waals surface area contributed by atoms with Crippen LogP contribution in [0.15, 0.2) is 24.4 Å². The first-order chi connectivity index (χ1) is 14.7. The Bertz CT molecular complexity index is 1000. The maximum absolute atomic E-state index is 11.4. The third-order valence-electron chi connectivity index (χ3n) is 5.62. The maximum Gasteiger partial charge on any atom is 0.399 e. The van der Waals surface area contributed by atoms with Gasteiger partial charge in [-0.15, -0.1) is 5.10 Å². The normalized spacial score (nSPS) is 17.5. The minimum absolute atomic E-state index is 0.0557. The highest BCUT2D eigenvalue weighted by Crippen LogP contribution is 2.30. The van der Waals surface area contributed by atoms with Gasteiger partial charge in [-0.3, -0.25) is 19.6 Å². The summed E-state index contributed by atoms with van der Waals surface area (Å²) in [5.41, 5.74) is -0.712. The number of nitrogens with one attached hydrogen (secondary N) is 1. The molecule has 12 heteroatoms. The molecule has 0 aromatic carbocycles. The standard InChI is InChI=1S/C19H29N5O6S/c1-19(30-31(27,28)29,22-13-7-3-8-14-22)11-5-2-6-12-20-18-17(24(25)26)16-10-4-9-15-23(16)21-18/h4,9-10,15H,2-3,5-8,11-14H2,1H3,(H,20,21)(H,27,28,29). The van der Waals surface area contributed by atoms with Gasteiger partial charge in [-0.05, 0) is 51.2 Å². The van der Waals surface area contributed by atoms with Crippen LogP contribution in [0.1, 0.15) is 51.9 Å². The van der Waals surface area contributed by atoms with Gasteiger partial charge in [-0.2, -0.15) is 8.42 Å². The van der Waals surface area contributed by atoms with Gasteiger partial charge >= 0.3 is 16.1 Å². The predicted octanol–water partition coefficient (Wildman–Crippen LogP) is 3.24. The van der Waals surface area contributed by atoms with Crippen LogP contribution in [0.25, 0.3) is 5.52 Å². The fourth-order valence-corrected chi connectivity index (χ4v) is 4.74. The minimum Gasteiger partial charge on any atom is -0.363 e. The predicted molar refractivity (Wildman–Crippen MR) is 115 cm³/mol. The van der Waals surface area contributed by atoms with E-state index in [-0.39, 0.29) is 11.5 Å². The van der Waals surface area contributed by atoms with Crippen LogP contribution in [-0.4, -0.2) is 57.8 Å². The molecule has 1 aliphatic rings. The van der Waals surface area contributed by atoms with Gasteiger partial charge in [0.2, 0.25) is 5.82 Å². The molecule has 1 aliphatic heterocycles. The van der Waals surface area contributed by atoms with Gasteiger partial charge in [0.25, 0.3) is 0 Å². The van der Waals surface area contributed by atoms with Gasteiger partial charge < -0.3 is 5.32 Å². The molecule has 1 fully saturated rings. The van der Waals surface area contributed by atoms with Crippen LogP contribution in [0.5, 0.6) is 0 Å². The van der Waals surface area contributed by atoms with E-state index in [4.69, 9.17) is 4.18 Å². The zero-order valence-electron chi connectivity index (χ0n) is 17.6. The number of aromatic nitrogens is 2. The minimum atomic E-state index is -4.57. The van der Waals surface area contributed by atoms with E-state index in [2.05, 4.69) is 10.4 Å². The topological polar surface area (TPSA) is 139 Å². The van der Waals surface area contributed by atoms with Crippen LogP contribution in [0.4, 0.5) is 11.5 Å². The van der Waals surface area contributed by atoms with Gasteiger partial charge in [-0.1, -0.05) is 18.9 Å². The fourth-order valence-electron chi connectivity index (χ4n) is 4.09. The summed E-state index contributed by atoms with van der Waals surface area (Å²) in [5, 5.41) is 18.7. The third kappa shape index (κ3) is 6.12. The summed E-state index contributed by atoms with van der Waals surface area (Å²) in [6.07, 6.45) is 7.28. The molecule has 1 atom stereocenters. The highest BCUT2D eigenvalue weighted by molar-refractivity contribution is 7.80. The summed E-state index contributed by atoms with van der Waals surface area (Å²) < 4.78 is 38.5. The zero-order valence-corrected chi connectivity index (χ0v) is 18.4. The summed E-state index contributed by atoms with van der Waals surface area (Å²) in [5.74, 6) is 0.226. The Morgan fingerprint density at radius 3 is 2.68 bits per heavy atom. The van der Waals surface area contributed by atoms with E-state index in [1.165, 1.54) is 4.52 Å². The number of anilines is 1. The number of piperidine rings is 1. The summed E-state index contributed by atoms with van der Waals surface area (Å²) in [7, 11) is -4.57. The van der Waals surface area contributed by atoms with Crippen molar-refractivity contribution in [1.29, 1.82) is 0 Å². The molecular weight excluding hydrogens is 426 g/mol. The molecule has 2 aromatic rings. The number of likely N-dealkylation sites (tertiary alicyclic amines) is 1. The molecule has 0 spiro atoms. The number of nitro groups is 1. The molecule has 2 N–H and O–H groups in total. The molecule has 1 saturated heterocycles. The average Bonchev–Trinajstić information content (AvgIpc) is 3.08. The van der Waals surface area contributed by atoms with Gasteiger partial charge in [0.1, 0.15) is 11.2 Å². The maximum atomic E-state index is 11.4. The molecule has 0 saturated carbocycles. The molecule has 2 aromatic heterocycles. The van der Waals surface area contributed by atoms with Gasteiger partial charge in [0, 0.05) is 25.8 Å². The lowest BCUT2D eigenvalue weighted by Gasteiger charge is -2.41. The summed E-state index contributed by atoms with van der Waals surface area (Å²) in [6, 6.07) is 5.12. The van der Waals surface area contributed by atoms with E-state index in [1.807, 2.05) is 4.90 Å². The average molecular weight is 456 g/mol. The molecule has 172 valence electrons. The van der Waals surface area contributed by atoms with E-state index < -0.39 is 21.0 Å². The molecule has 11 nitrogen and oxygen atoms in total.